The van der Waals surface area contributed by atoms with E-state index in [-0.39, 0.29) is 12.2 Å². The van der Waals surface area contributed by atoms with Gasteiger partial charge in [-0.05, 0) is 54.4 Å². The number of esters is 1. The number of halogens is 1. The molecule has 4 rings (SSSR count). The Bertz CT molecular complexity index is 1090. The van der Waals surface area contributed by atoms with Crippen LogP contribution < -0.4 is 4.90 Å². The van der Waals surface area contributed by atoms with E-state index < -0.39 is 36.1 Å². The molecule has 32 heavy (non-hydrogen) atoms. The van der Waals surface area contributed by atoms with Crippen LogP contribution in [0, 0.1) is 5.82 Å². The van der Waals surface area contributed by atoms with Gasteiger partial charge in [0.2, 0.25) is 0 Å². The zero-order chi connectivity index (χ0) is 22.7. The van der Waals surface area contributed by atoms with Crippen molar-refractivity contribution in [1.82, 2.24) is 0 Å². The Hall–Kier alpha value is -3.87. The minimum absolute atomic E-state index is 0.0752. The highest BCUT2D eigenvalue weighted by molar-refractivity contribution is 5.91. The number of aromatic hydroxyl groups is 1. The van der Waals surface area contributed by atoms with Crippen molar-refractivity contribution in [2.45, 2.75) is 31.6 Å². The predicted molar refractivity (Wildman–Crippen MR) is 116 cm³/mol. The highest BCUT2D eigenvalue weighted by Crippen LogP contribution is 2.39. The van der Waals surface area contributed by atoms with E-state index in [1.807, 2.05) is 30.3 Å². The highest BCUT2D eigenvalue weighted by Gasteiger charge is 2.47. The van der Waals surface area contributed by atoms with Crippen molar-refractivity contribution in [3.8, 4) is 5.75 Å². The first-order chi connectivity index (χ1) is 15.4. The molecule has 0 radical (unpaired) electrons. The summed E-state index contributed by atoms with van der Waals surface area (Å²) < 4.78 is 24.7. The van der Waals surface area contributed by atoms with Gasteiger partial charge in [-0.25, -0.2) is 9.18 Å². The minimum atomic E-state index is -0.809. The number of phenolic OH excluding ortho intramolecular Hbond substituents is 1. The molecular formula is C25H22FNO5. The number of hydrogen-bond acceptors (Lipinski definition) is 5. The van der Waals surface area contributed by atoms with Crippen molar-refractivity contribution in [2.24, 2.45) is 0 Å². The monoisotopic (exact) mass is 435 g/mol. The molecule has 1 heterocycles. The quantitative estimate of drug-likeness (QED) is 0.565. The third-order valence-electron chi connectivity index (χ3n) is 5.33. The summed E-state index contributed by atoms with van der Waals surface area (Å²) in [6.45, 7) is 1.67. The van der Waals surface area contributed by atoms with Crippen LogP contribution in [0.3, 0.4) is 0 Å². The fourth-order valence-corrected chi connectivity index (χ4v) is 3.81. The molecule has 0 spiro atoms. The number of nitrogens with zero attached hydrogens (tertiary/aromatic N) is 1. The molecule has 1 fully saturated rings. The molecular weight excluding hydrogens is 413 g/mol. The fourth-order valence-electron chi connectivity index (χ4n) is 3.81. The van der Waals surface area contributed by atoms with Crippen molar-refractivity contribution >= 4 is 17.7 Å². The van der Waals surface area contributed by atoms with Gasteiger partial charge in [0.1, 0.15) is 23.7 Å². The van der Waals surface area contributed by atoms with Gasteiger partial charge >= 0.3 is 12.1 Å². The number of rotatable bonds is 6. The molecule has 3 atom stereocenters. The maximum atomic E-state index is 13.4. The number of cyclic esters (lactones) is 1. The lowest BCUT2D eigenvalue weighted by molar-refractivity contribution is -0.152. The number of benzene rings is 3. The summed E-state index contributed by atoms with van der Waals surface area (Å²) in [7, 11) is 0. The summed E-state index contributed by atoms with van der Waals surface area (Å²) in [5, 5.41) is 9.68. The highest BCUT2D eigenvalue weighted by atomic mass is 19.1. The van der Waals surface area contributed by atoms with E-state index in [1.54, 1.807) is 19.1 Å². The average Bonchev–Trinajstić information content (AvgIpc) is 3.13. The Morgan fingerprint density at radius 1 is 1.06 bits per heavy atom. The van der Waals surface area contributed by atoms with Gasteiger partial charge in [0, 0.05) is 5.69 Å². The summed E-state index contributed by atoms with van der Waals surface area (Å²) in [6, 6.07) is 20.4. The third kappa shape index (κ3) is 4.56. The van der Waals surface area contributed by atoms with Crippen molar-refractivity contribution in [1.29, 1.82) is 0 Å². The minimum Gasteiger partial charge on any atom is -0.508 e. The second-order valence-electron chi connectivity index (χ2n) is 7.59. The van der Waals surface area contributed by atoms with Crippen LogP contribution in [0.1, 0.15) is 24.1 Å². The Balaban J connectivity index is 1.60. The Morgan fingerprint density at radius 2 is 1.72 bits per heavy atom. The maximum Gasteiger partial charge on any atom is 0.415 e. The van der Waals surface area contributed by atoms with Crippen LogP contribution in [0.2, 0.25) is 0 Å². The van der Waals surface area contributed by atoms with Gasteiger partial charge in [-0.1, -0.05) is 42.5 Å². The zero-order valence-corrected chi connectivity index (χ0v) is 17.4. The van der Waals surface area contributed by atoms with Crippen LogP contribution >= 0.6 is 0 Å². The number of hydrogen-bond donors (Lipinski definition) is 1. The lowest BCUT2D eigenvalue weighted by Gasteiger charge is -2.28. The first-order valence-corrected chi connectivity index (χ1v) is 10.2. The molecule has 1 aliphatic heterocycles. The van der Waals surface area contributed by atoms with E-state index >= 15 is 0 Å². The van der Waals surface area contributed by atoms with Gasteiger partial charge < -0.3 is 14.6 Å². The molecule has 1 saturated heterocycles. The van der Waals surface area contributed by atoms with Gasteiger partial charge in [-0.3, -0.25) is 9.69 Å². The molecule has 0 aliphatic carbocycles. The molecule has 7 heteroatoms. The third-order valence-corrected chi connectivity index (χ3v) is 5.33. The average molecular weight is 435 g/mol. The largest absolute Gasteiger partial charge is 0.508 e. The fraction of sp³-hybridized carbons (Fsp3) is 0.200. The first kappa shape index (κ1) is 21.4. The van der Waals surface area contributed by atoms with Crippen molar-refractivity contribution in [2.75, 3.05) is 4.90 Å². The van der Waals surface area contributed by atoms with E-state index in [4.69, 9.17) is 9.47 Å². The number of anilines is 1. The summed E-state index contributed by atoms with van der Waals surface area (Å²) in [5.41, 5.74) is 1.94. The van der Waals surface area contributed by atoms with Crippen LogP contribution in [0.4, 0.5) is 14.9 Å². The van der Waals surface area contributed by atoms with E-state index in [9.17, 15) is 19.1 Å². The van der Waals surface area contributed by atoms with Crippen molar-refractivity contribution in [3.05, 3.63) is 95.8 Å². The second-order valence-corrected chi connectivity index (χ2v) is 7.59. The number of amides is 1. The molecule has 0 bridgehead atoms. The topological polar surface area (TPSA) is 76.1 Å². The summed E-state index contributed by atoms with van der Waals surface area (Å²) in [6.07, 6.45) is -2.10. The van der Waals surface area contributed by atoms with E-state index in [2.05, 4.69) is 0 Å². The molecule has 1 N–H and O–H groups in total. The van der Waals surface area contributed by atoms with Crippen LogP contribution in [0.15, 0.2) is 78.9 Å². The molecule has 1 aliphatic rings. The van der Waals surface area contributed by atoms with E-state index in [1.165, 1.54) is 41.3 Å². The predicted octanol–water partition coefficient (Wildman–Crippen LogP) is 4.77. The van der Waals surface area contributed by atoms with Crippen LogP contribution in [-0.4, -0.2) is 29.4 Å². The first-order valence-electron chi connectivity index (χ1n) is 10.2. The molecule has 3 aromatic rings. The Kier molecular flexibility index (Phi) is 6.07. The molecule has 1 amide bonds. The Morgan fingerprint density at radius 3 is 2.38 bits per heavy atom. The molecule has 1 unspecified atom stereocenters. The number of carbonyl (C=O) groups is 2. The van der Waals surface area contributed by atoms with Gasteiger partial charge in [0.15, 0.2) is 6.10 Å². The molecule has 3 aromatic carbocycles. The van der Waals surface area contributed by atoms with Crippen LogP contribution in [0.5, 0.6) is 5.75 Å². The van der Waals surface area contributed by atoms with Gasteiger partial charge in [-0.2, -0.15) is 0 Å². The molecule has 0 saturated carbocycles. The summed E-state index contributed by atoms with van der Waals surface area (Å²) in [5.74, 6) is -0.794. The smallest absolute Gasteiger partial charge is 0.415 e. The van der Waals surface area contributed by atoms with Gasteiger partial charge in [0.05, 0.1) is 6.42 Å². The van der Waals surface area contributed by atoms with E-state index in [0.29, 0.717) is 11.3 Å². The Labute approximate surface area is 184 Å². The van der Waals surface area contributed by atoms with E-state index in [0.717, 1.165) is 5.56 Å². The number of ether oxygens (including phenoxy) is 2. The molecule has 6 nitrogen and oxygen atoms in total. The lowest BCUT2D eigenvalue weighted by atomic mass is 9.97. The SMILES string of the molecule is CC(OC(=O)Cc1ccccc1)[C@H]1OC(=O)N(c2ccc(F)cc2)[C@@H]1c1ccc(O)cc1. The molecule has 164 valence electrons. The summed E-state index contributed by atoms with van der Waals surface area (Å²) >= 11 is 0. The van der Waals surface area contributed by atoms with Gasteiger partial charge in [-0.15, -0.1) is 0 Å². The van der Waals surface area contributed by atoms with Crippen molar-refractivity contribution in [3.63, 3.8) is 0 Å². The zero-order valence-electron chi connectivity index (χ0n) is 17.4. The van der Waals surface area contributed by atoms with Crippen molar-refractivity contribution < 1.29 is 28.6 Å². The molecule has 0 aromatic heterocycles. The lowest BCUT2D eigenvalue weighted by Crippen LogP contribution is -2.36. The maximum absolute atomic E-state index is 13.4. The van der Waals surface area contributed by atoms with Crippen LogP contribution in [-0.2, 0) is 20.7 Å². The number of carbonyl (C=O) groups excluding carboxylic acids is 2. The summed E-state index contributed by atoms with van der Waals surface area (Å²) in [4.78, 5) is 26.7. The van der Waals surface area contributed by atoms with Gasteiger partial charge in [0.25, 0.3) is 0 Å². The second kappa shape index (κ2) is 9.09. The van der Waals surface area contributed by atoms with Crippen LogP contribution in [0.25, 0.3) is 0 Å². The number of phenols is 1. The standard InChI is InChI=1S/C25H22FNO5/c1-16(31-22(29)15-17-5-3-2-4-6-17)24-23(18-7-13-21(28)14-8-18)27(25(30)32-24)20-11-9-19(26)10-12-20/h2-14,16,23-24,28H,15H2,1H3/t16?,23-,24-/m1/s1. The normalized spacial score (nSPS) is 18.8.